The first-order valence-electron chi connectivity index (χ1n) is 9.28. The van der Waals surface area contributed by atoms with E-state index in [2.05, 4.69) is 21.2 Å². The molecule has 162 valence electrons. The van der Waals surface area contributed by atoms with E-state index in [0.717, 1.165) is 0 Å². The Kier molecular flexibility index (Phi) is 7.10. The van der Waals surface area contributed by atoms with E-state index < -0.39 is 17.8 Å². The van der Waals surface area contributed by atoms with Gasteiger partial charge in [-0.1, -0.05) is 0 Å². The lowest BCUT2D eigenvalue weighted by atomic mass is 10.2. The van der Waals surface area contributed by atoms with Crippen LogP contribution >= 0.6 is 0 Å². The van der Waals surface area contributed by atoms with E-state index in [-0.39, 0.29) is 11.7 Å². The van der Waals surface area contributed by atoms with Gasteiger partial charge in [0, 0.05) is 18.3 Å². The minimum Gasteiger partial charge on any atom is -0.457 e. The SMILES string of the molecule is CC(=O)Nc1ccc(NC(=O)C(=O)NN=Cc2ccc(OC(=O)c3ccco3)cc2)cc1. The Morgan fingerprint density at radius 2 is 1.53 bits per heavy atom. The van der Waals surface area contributed by atoms with Crippen LogP contribution in [0.25, 0.3) is 0 Å². The second-order valence-electron chi connectivity index (χ2n) is 6.35. The molecule has 2 aromatic carbocycles. The molecule has 3 aromatic rings. The number of hydrazone groups is 1. The number of carbonyl (C=O) groups is 4. The normalized spacial score (nSPS) is 10.4. The molecule has 3 N–H and O–H groups in total. The molecule has 0 bridgehead atoms. The summed E-state index contributed by atoms with van der Waals surface area (Å²) < 4.78 is 10.1. The molecule has 0 aliphatic heterocycles. The molecule has 10 nitrogen and oxygen atoms in total. The largest absolute Gasteiger partial charge is 0.457 e. The van der Waals surface area contributed by atoms with Crippen LogP contribution in [0.15, 0.2) is 76.4 Å². The van der Waals surface area contributed by atoms with Crippen molar-refractivity contribution >= 4 is 41.3 Å². The van der Waals surface area contributed by atoms with Crippen molar-refractivity contribution < 1.29 is 28.3 Å². The molecule has 0 aliphatic carbocycles. The third-order valence-corrected chi connectivity index (χ3v) is 3.86. The zero-order valence-corrected chi connectivity index (χ0v) is 16.8. The first-order chi connectivity index (χ1) is 15.4. The Hall–Kier alpha value is -4.73. The molecule has 3 rings (SSSR count). The second-order valence-corrected chi connectivity index (χ2v) is 6.35. The lowest BCUT2D eigenvalue weighted by molar-refractivity contribution is -0.136. The topological polar surface area (TPSA) is 139 Å². The fraction of sp³-hybridized carbons (Fsp3) is 0.0455. The summed E-state index contributed by atoms with van der Waals surface area (Å²) in [7, 11) is 0. The number of hydrogen-bond donors (Lipinski definition) is 3. The van der Waals surface area contributed by atoms with Crippen LogP contribution in [-0.4, -0.2) is 29.9 Å². The van der Waals surface area contributed by atoms with E-state index in [1.54, 1.807) is 54.6 Å². The van der Waals surface area contributed by atoms with Gasteiger partial charge in [-0.15, -0.1) is 0 Å². The highest BCUT2D eigenvalue weighted by molar-refractivity contribution is 6.39. The number of furan rings is 1. The van der Waals surface area contributed by atoms with Gasteiger partial charge in [-0.2, -0.15) is 5.10 Å². The van der Waals surface area contributed by atoms with Crippen LogP contribution < -0.4 is 20.8 Å². The number of amides is 3. The molecular weight excluding hydrogens is 416 g/mol. The number of rotatable bonds is 6. The molecule has 32 heavy (non-hydrogen) atoms. The van der Waals surface area contributed by atoms with Crippen LogP contribution in [0, 0.1) is 0 Å². The number of nitrogens with zero attached hydrogens (tertiary/aromatic N) is 1. The highest BCUT2D eigenvalue weighted by atomic mass is 16.5. The second kappa shape index (κ2) is 10.3. The highest BCUT2D eigenvalue weighted by Gasteiger charge is 2.13. The van der Waals surface area contributed by atoms with Gasteiger partial charge in [0.25, 0.3) is 0 Å². The smallest absolute Gasteiger partial charge is 0.379 e. The molecule has 0 aliphatic rings. The molecule has 0 saturated carbocycles. The van der Waals surface area contributed by atoms with Crippen molar-refractivity contribution in [2.45, 2.75) is 6.92 Å². The Balaban J connectivity index is 1.47. The van der Waals surface area contributed by atoms with Gasteiger partial charge in [0.15, 0.2) is 0 Å². The van der Waals surface area contributed by atoms with Crippen LogP contribution in [0.1, 0.15) is 23.0 Å². The predicted octanol–water partition coefficient (Wildman–Crippen LogP) is 2.55. The van der Waals surface area contributed by atoms with Gasteiger partial charge in [-0.3, -0.25) is 14.4 Å². The molecular formula is C22H18N4O6. The van der Waals surface area contributed by atoms with Crippen LogP contribution in [0.3, 0.4) is 0 Å². The highest BCUT2D eigenvalue weighted by Crippen LogP contribution is 2.14. The van der Waals surface area contributed by atoms with Gasteiger partial charge in [0.2, 0.25) is 11.7 Å². The summed E-state index contributed by atoms with van der Waals surface area (Å²) in [5, 5.41) is 8.73. The molecule has 1 aromatic heterocycles. The number of ether oxygens (including phenoxy) is 1. The molecule has 0 fully saturated rings. The quantitative estimate of drug-likeness (QED) is 0.179. The fourth-order valence-corrected chi connectivity index (χ4v) is 2.42. The van der Waals surface area contributed by atoms with Crippen molar-refractivity contribution in [2.24, 2.45) is 5.10 Å². The molecule has 10 heteroatoms. The maximum Gasteiger partial charge on any atom is 0.379 e. The van der Waals surface area contributed by atoms with Crippen molar-refractivity contribution in [3.05, 3.63) is 78.3 Å². The van der Waals surface area contributed by atoms with Gasteiger partial charge in [0.05, 0.1) is 12.5 Å². The van der Waals surface area contributed by atoms with Gasteiger partial charge < -0.3 is 19.8 Å². The number of carbonyl (C=O) groups excluding carboxylic acids is 4. The standard InChI is InChI=1S/C22H18N4O6/c1-14(27)24-16-6-8-17(9-7-16)25-20(28)21(29)26-23-13-15-4-10-18(11-5-15)32-22(30)19-3-2-12-31-19/h2-13H,1H3,(H,24,27)(H,25,28)(H,26,29). The van der Waals surface area contributed by atoms with Crippen molar-refractivity contribution in [1.29, 1.82) is 0 Å². The average Bonchev–Trinajstić information content (AvgIpc) is 3.31. The van der Waals surface area contributed by atoms with Crippen molar-refractivity contribution in [2.75, 3.05) is 10.6 Å². The van der Waals surface area contributed by atoms with E-state index in [0.29, 0.717) is 22.7 Å². The van der Waals surface area contributed by atoms with Crippen LogP contribution in [0.4, 0.5) is 11.4 Å². The molecule has 0 atom stereocenters. The van der Waals surface area contributed by atoms with Crippen LogP contribution in [-0.2, 0) is 14.4 Å². The van der Waals surface area contributed by atoms with Crippen molar-refractivity contribution in [1.82, 2.24) is 5.43 Å². The Bertz CT molecular complexity index is 1140. The number of nitrogens with one attached hydrogen (secondary N) is 3. The lowest BCUT2D eigenvalue weighted by Crippen LogP contribution is -2.32. The zero-order chi connectivity index (χ0) is 22.9. The monoisotopic (exact) mass is 434 g/mol. The third kappa shape index (κ3) is 6.39. The summed E-state index contributed by atoms with van der Waals surface area (Å²) in [6.45, 7) is 1.38. The maximum atomic E-state index is 11.9. The summed E-state index contributed by atoms with van der Waals surface area (Å²) in [5.41, 5.74) is 3.65. The van der Waals surface area contributed by atoms with Gasteiger partial charge >= 0.3 is 17.8 Å². The lowest BCUT2D eigenvalue weighted by Gasteiger charge is -2.06. The fourth-order valence-electron chi connectivity index (χ4n) is 2.42. The Labute approximate surface area is 182 Å². The Morgan fingerprint density at radius 3 is 2.12 bits per heavy atom. The minimum absolute atomic E-state index is 0.0836. The summed E-state index contributed by atoms with van der Waals surface area (Å²) in [5.74, 6) is -2.33. The zero-order valence-electron chi connectivity index (χ0n) is 16.8. The van der Waals surface area contributed by atoms with E-state index in [9.17, 15) is 19.2 Å². The summed E-state index contributed by atoms with van der Waals surface area (Å²) in [6, 6.07) is 15.6. The van der Waals surface area contributed by atoms with Crippen LogP contribution in [0.5, 0.6) is 5.75 Å². The first-order valence-corrected chi connectivity index (χ1v) is 9.28. The summed E-state index contributed by atoms with van der Waals surface area (Å²) >= 11 is 0. The molecule has 1 heterocycles. The maximum absolute atomic E-state index is 11.9. The van der Waals surface area contributed by atoms with Crippen LogP contribution in [0.2, 0.25) is 0 Å². The third-order valence-electron chi connectivity index (χ3n) is 3.86. The van der Waals surface area contributed by atoms with E-state index in [1.807, 2.05) is 0 Å². The van der Waals surface area contributed by atoms with Crippen molar-refractivity contribution in [3.8, 4) is 5.75 Å². The van der Waals surface area contributed by atoms with E-state index >= 15 is 0 Å². The molecule has 0 unspecified atom stereocenters. The van der Waals surface area contributed by atoms with Gasteiger partial charge in [0.1, 0.15) is 5.75 Å². The van der Waals surface area contributed by atoms with E-state index in [4.69, 9.17) is 9.15 Å². The number of esters is 1. The number of anilines is 2. The van der Waals surface area contributed by atoms with Gasteiger partial charge in [-0.05, 0) is 66.2 Å². The number of hydrogen-bond acceptors (Lipinski definition) is 7. The first kappa shape index (κ1) is 22.0. The summed E-state index contributed by atoms with van der Waals surface area (Å²) in [6.07, 6.45) is 2.69. The Morgan fingerprint density at radius 1 is 0.875 bits per heavy atom. The van der Waals surface area contributed by atoms with Crippen molar-refractivity contribution in [3.63, 3.8) is 0 Å². The predicted molar refractivity (Wildman–Crippen MR) is 115 cm³/mol. The molecule has 3 amide bonds. The minimum atomic E-state index is -0.962. The van der Waals surface area contributed by atoms with E-state index in [1.165, 1.54) is 25.5 Å². The number of benzene rings is 2. The molecule has 0 radical (unpaired) electrons. The van der Waals surface area contributed by atoms with Gasteiger partial charge in [-0.25, -0.2) is 10.2 Å². The summed E-state index contributed by atoms with van der Waals surface area (Å²) in [4.78, 5) is 46.6. The molecule has 0 spiro atoms. The average molecular weight is 434 g/mol. The molecule has 0 saturated heterocycles.